The Morgan fingerprint density at radius 1 is 1.12 bits per heavy atom. The zero-order valence-corrected chi connectivity index (χ0v) is 13.7. The molecule has 0 aromatic heterocycles. The van der Waals surface area contributed by atoms with Crippen LogP contribution in [0, 0.1) is 17.5 Å². The van der Waals surface area contributed by atoms with Crippen molar-refractivity contribution in [3.05, 3.63) is 65.5 Å². The van der Waals surface area contributed by atoms with E-state index in [1.807, 2.05) is 0 Å². The Balaban J connectivity index is 1.56. The third-order valence-corrected chi connectivity index (χ3v) is 4.48. The first kappa shape index (κ1) is 17.3. The van der Waals surface area contributed by atoms with Crippen LogP contribution in [-0.2, 0) is 10.2 Å². The molecule has 3 nitrogen and oxygen atoms in total. The Morgan fingerprint density at radius 3 is 2.40 bits per heavy atom. The van der Waals surface area contributed by atoms with Gasteiger partial charge in [0.15, 0.2) is 17.7 Å². The highest BCUT2D eigenvalue weighted by Crippen LogP contribution is 2.47. The summed E-state index contributed by atoms with van der Waals surface area (Å²) in [5.74, 6) is -2.56. The van der Waals surface area contributed by atoms with Gasteiger partial charge >= 0.3 is 0 Å². The normalized spacial score (nSPS) is 16.2. The van der Waals surface area contributed by atoms with Crippen molar-refractivity contribution in [2.75, 3.05) is 6.54 Å². The van der Waals surface area contributed by atoms with E-state index in [2.05, 4.69) is 5.32 Å². The largest absolute Gasteiger partial charge is 0.481 e. The summed E-state index contributed by atoms with van der Waals surface area (Å²) < 4.78 is 44.5. The maximum absolute atomic E-state index is 13.2. The van der Waals surface area contributed by atoms with Gasteiger partial charge in [-0.2, -0.15) is 0 Å². The standard InChI is InChI=1S/C19H18F3NO2/c1-12(25-15-6-7-16(21)17(22)10-15)18(24)23-11-19(8-9-19)13-2-4-14(20)5-3-13/h2-7,10,12H,8-9,11H2,1H3,(H,23,24). The lowest BCUT2D eigenvalue weighted by atomic mass is 9.96. The monoisotopic (exact) mass is 349 g/mol. The van der Waals surface area contributed by atoms with Crippen molar-refractivity contribution in [1.82, 2.24) is 5.32 Å². The summed E-state index contributed by atoms with van der Waals surface area (Å²) in [6.07, 6.45) is 0.975. The SMILES string of the molecule is CC(Oc1ccc(F)c(F)c1)C(=O)NCC1(c2ccc(F)cc2)CC1. The highest BCUT2D eigenvalue weighted by Gasteiger charge is 2.44. The minimum absolute atomic E-state index is 0.0845. The number of ether oxygens (including phenoxy) is 1. The molecule has 1 aliphatic rings. The second kappa shape index (κ2) is 6.78. The van der Waals surface area contributed by atoms with Crippen LogP contribution in [-0.4, -0.2) is 18.6 Å². The predicted molar refractivity (Wildman–Crippen MR) is 86.8 cm³/mol. The van der Waals surface area contributed by atoms with Crippen molar-refractivity contribution in [3.8, 4) is 5.75 Å². The van der Waals surface area contributed by atoms with Crippen molar-refractivity contribution in [2.24, 2.45) is 0 Å². The van der Waals surface area contributed by atoms with E-state index in [-0.39, 0.29) is 22.9 Å². The van der Waals surface area contributed by atoms with E-state index < -0.39 is 17.7 Å². The Hall–Kier alpha value is -2.50. The van der Waals surface area contributed by atoms with E-state index in [9.17, 15) is 18.0 Å². The van der Waals surface area contributed by atoms with E-state index in [1.165, 1.54) is 25.1 Å². The van der Waals surface area contributed by atoms with Gasteiger partial charge in [0.05, 0.1) is 0 Å². The van der Waals surface area contributed by atoms with Gasteiger partial charge in [-0.1, -0.05) is 12.1 Å². The Bertz CT molecular complexity index is 773. The summed E-state index contributed by atoms with van der Waals surface area (Å²) in [5, 5.41) is 2.82. The van der Waals surface area contributed by atoms with Gasteiger partial charge in [-0.05, 0) is 49.6 Å². The smallest absolute Gasteiger partial charge is 0.260 e. The van der Waals surface area contributed by atoms with Crippen LogP contribution >= 0.6 is 0 Å². The molecule has 1 aliphatic carbocycles. The van der Waals surface area contributed by atoms with Crippen molar-refractivity contribution < 1.29 is 22.7 Å². The molecule has 2 aromatic rings. The van der Waals surface area contributed by atoms with Gasteiger partial charge in [0, 0.05) is 18.0 Å². The van der Waals surface area contributed by atoms with Crippen LogP contribution < -0.4 is 10.1 Å². The highest BCUT2D eigenvalue weighted by molar-refractivity contribution is 5.80. The minimum Gasteiger partial charge on any atom is -0.481 e. The maximum Gasteiger partial charge on any atom is 0.260 e. The van der Waals surface area contributed by atoms with E-state index in [0.29, 0.717) is 6.54 Å². The van der Waals surface area contributed by atoms with Crippen LogP contribution in [0.3, 0.4) is 0 Å². The van der Waals surface area contributed by atoms with Gasteiger partial charge in [0.2, 0.25) is 0 Å². The van der Waals surface area contributed by atoms with E-state index >= 15 is 0 Å². The molecule has 0 radical (unpaired) electrons. The molecule has 0 bridgehead atoms. The fourth-order valence-corrected chi connectivity index (χ4v) is 2.73. The number of hydrogen-bond acceptors (Lipinski definition) is 2. The number of benzene rings is 2. The molecule has 25 heavy (non-hydrogen) atoms. The number of rotatable bonds is 6. The summed E-state index contributed by atoms with van der Waals surface area (Å²) >= 11 is 0. The van der Waals surface area contributed by atoms with Crippen molar-refractivity contribution in [3.63, 3.8) is 0 Å². The van der Waals surface area contributed by atoms with E-state index in [4.69, 9.17) is 4.74 Å². The summed E-state index contributed by atoms with van der Waals surface area (Å²) in [7, 11) is 0. The van der Waals surface area contributed by atoms with Gasteiger partial charge in [-0.25, -0.2) is 13.2 Å². The summed E-state index contributed by atoms with van der Waals surface area (Å²) in [4.78, 5) is 12.2. The van der Waals surface area contributed by atoms with Crippen molar-refractivity contribution >= 4 is 5.91 Å². The molecule has 0 heterocycles. The highest BCUT2D eigenvalue weighted by atomic mass is 19.2. The summed E-state index contributed by atoms with van der Waals surface area (Å²) in [6, 6.07) is 9.40. The van der Waals surface area contributed by atoms with Gasteiger partial charge in [0.1, 0.15) is 11.6 Å². The van der Waals surface area contributed by atoms with E-state index in [0.717, 1.165) is 30.5 Å². The zero-order chi connectivity index (χ0) is 18.0. The fourth-order valence-electron chi connectivity index (χ4n) is 2.73. The molecule has 0 spiro atoms. The fraction of sp³-hybridized carbons (Fsp3) is 0.316. The number of nitrogens with one attached hydrogen (secondary N) is 1. The molecule has 6 heteroatoms. The van der Waals surface area contributed by atoms with Crippen molar-refractivity contribution in [1.29, 1.82) is 0 Å². The third-order valence-electron chi connectivity index (χ3n) is 4.48. The lowest BCUT2D eigenvalue weighted by Gasteiger charge is -2.19. The van der Waals surface area contributed by atoms with Gasteiger partial charge < -0.3 is 10.1 Å². The Morgan fingerprint density at radius 2 is 1.80 bits per heavy atom. The molecular weight excluding hydrogens is 331 g/mol. The molecule has 0 aliphatic heterocycles. The molecule has 3 rings (SSSR count). The first-order valence-corrected chi connectivity index (χ1v) is 8.05. The van der Waals surface area contributed by atoms with Crippen LogP contribution in [0.5, 0.6) is 5.75 Å². The Kier molecular flexibility index (Phi) is 4.70. The molecular formula is C19H18F3NO2. The lowest BCUT2D eigenvalue weighted by Crippen LogP contribution is -2.40. The maximum atomic E-state index is 13.2. The van der Waals surface area contributed by atoms with Crippen molar-refractivity contribution in [2.45, 2.75) is 31.3 Å². The number of carbonyl (C=O) groups excluding carboxylic acids is 1. The lowest BCUT2D eigenvalue weighted by molar-refractivity contribution is -0.127. The molecule has 1 atom stereocenters. The molecule has 1 unspecified atom stereocenters. The molecule has 1 amide bonds. The predicted octanol–water partition coefficient (Wildman–Crippen LogP) is 3.72. The molecule has 1 fully saturated rings. The molecule has 2 aromatic carbocycles. The minimum atomic E-state index is -1.03. The second-order valence-electron chi connectivity index (χ2n) is 6.34. The van der Waals surface area contributed by atoms with Crippen LogP contribution in [0.25, 0.3) is 0 Å². The molecule has 1 saturated carbocycles. The summed E-state index contributed by atoms with van der Waals surface area (Å²) in [5.41, 5.74) is 0.828. The number of amides is 1. The van der Waals surface area contributed by atoms with Crippen LogP contribution in [0.15, 0.2) is 42.5 Å². The van der Waals surface area contributed by atoms with Crippen LogP contribution in [0.4, 0.5) is 13.2 Å². The average molecular weight is 349 g/mol. The zero-order valence-electron chi connectivity index (χ0n) is 13.7. The second-order valence-corrected chi connectivity index (χ2v) is 6.34. The Labute approximate surface area is 143 Å². The topological polar surface area (TPSA) is 38.3 Å². The van der Waals surface area contributed by atoms with Crippen LogP contribution in [0.1, 0.15) is 25.3 Å². The quantitative estimate of drug-likeness (QED) is 0.863. The third kappa shape index (κ3) is 3.95. The first-order valence-electron chi connectivity index (χ1n) is 8.05. The van der Waals surface area contributed by atoms with Gasteiger partial charge in [-0.15, -0.1) is 0 Å². The average Bonchev–Trinajstić information content (AvgIpc) is 3.38. The van der Waals surface area contributed by atoms with Crippen LogP contribution in [0.2, 0.25) is 0 Å². The number of hydrogen-bond donors (Lipinski definition) is 1. The summed E-state index contributed by atoms with van der Waals surface area (Å²) in [6.45, 7) is 1.96. The van der Waals surface area contributed by atoms with E-state index in [1.54, 1.807) is 12.1 Å². The molecule has 132 valence electrons. The first-order chi connectivity index (χ1) is 11.9. The molecule has 0 saturated heterocycles. The number of carbonyl (C=O) groups is 1. The van der Waals surface area contributed by atoms with Gasteiger partial charge in [-0.3, -0.25) is 4.79 Å². The molecule has 1 N–H and O–H groups in total. The number of halogens is 3. The van der Waals surface area contributed by atoms with Gasteiger partial charge in [0.25, 0.3) is 5.91 Å².